The molecule has 0 aliphatic rings. The SMILES string of the molecule is Cn1cncc1N.NCCc1ncc[nH]1.Nc1cnc[nH]1.O=C(c1ccccc1)n1ccnc1. The second-order valence-corrected chi connectivity index (χ2v) is 6.65. The van der Waals surface area contributed by atoms with Crippen LogP contribution in [0.15, 0.2) is 86.5 Å². The molecule has 0 amide bonds. The van der Waals surface area contributed by atoms with Gasteiger partial charge in [-0.15, -0.1) is 0 Å². The molecule has 0 atom stereocenters. The average Bonchev–Trinajstić information content (AvgIpc) is 3.67. The normalized spacial score (nSPS) is 9.47. The number of imidazole rings is 4. The van der Waals surface area contributed by atoms with Crippen LogP contribution in [0.25, 0.3) is 0 Å². The van der Waals surface area contributed by atoms with Crippen LogP contribution in [-0.2, 0) is 13.5 Å². The highest BCUT2D eigenvalue weighted by molar-refractivity contribution is 5.95. The standard InChI is InChI=1S/C10H8N2O.C5H9N3.C4H7N3.C3H5N3/c13-10(12-7-6-11-8-12)9-4-2-1-3-5-9;6-2-1-5-7-3-4-8-5;1-7-3-6-2-4(7)5;4-3-1-5-2-6-3/h1-8H;3-4H,1-2,6H2,(H,7,8);2-3H,5H2,1H3;1-2H,4H2,(H,5,6). The third-order valence-electron chi connectivity index (χ3n) is 4.07. The maximum atomic E-state index is 11.6. The molecule has 34 heavy (non-hydrogen) atoms. The molecule has 0 spiro atoms. The van der Waals surface area contributed by atoms with Gasteiger partial charge in [-0.1, -0.05) is 18.2 Å². The van der Waals surface area contributed by atoms with Crippen LogP contribution in [0.5, 0.6) is 0 Å². The Bertz CT molecular complexity index is 1130. The number of carbonyl (C=O) groups excluding carboxylic acids is 1. The van der Waals surface area contributed by atoms with Crippen molar-refractivity contribution in [2.24, 2.45) is 12.8 Å². The minimum absolute atomic E-state index is 0.0573. The maximum absolute atomic E-state index is 11.6. The third-order valence-corrected chi connectivity index (χ3v) is 4.07. The Morgan fingerprint density at radius 2 is 1.79 bits per heavy atom. The van der Waals surface area contributed by atoms with Gasteiger partial charge >= 0.3 is 0 Å². The van der Waals surface area contributed by atoms with Crippen molar-refractivity contribution in [2.45, 2.75) is 6.42 Å². The van der Waals surface area contributed by atoms with Crippen molar-refractivity contribution in [3.63, 3.8) is 0 Å². The molecule has 178 valence electrons. The Kier molecular flexibility index (Phi) is 10.8. The maximum Gasteiger partial charge on any atom is 0.263 e. The summed E-state index contributed by atoms with van der Waals surface area (Å²) in [7, 11) is 1.85. The fraction of sp³-hybridized carbons (Fsp3) is 0.136. The van der Waals surface area contributed by atoms with Crippen LogP contribution in [-0.4, -0.2) is 51.5 Å². The number of nitrogens with two attached hydrogens (primary N) is 3. The van der Waals surface area contributed by atoms with Crippen LogP contribution in [0.2, 0.25) is 0 Å². The summed E-state index contributed by atoms with van der Waals surface area (Å²) in [6, 6.07) is 9.11. The van der Waals surface area contributed by atoms with Crippen molar-refractivity contribution < 1.29 is 4.79 Å². The number of aromatic nitrogens is 8. The van der Waals surface area contributed by atoms with Crippen LogP contribution >= 0.6 is 0 Å². The van der Waals surface area contributed by atoms with Gasteiger partial charge in [0.2, 0.25) is 0 Å². The minimum Gasteiger partial charge on any atom is -0.384 e. The Morgan fingerprint density at radius 1 is 1.00 bits per heavy atom. The number of hydrogen-bond acceptors (Lipinski definition) is 8. The van der Waals surface area contributed by atoms with E-state index in [-0.39, 0.29) is 5.91 Å². The van der Waals surface area contributed by atoms with E-state index in [2.05, 4.69) is 29.9 Å². The second kappa shape index (κ2) is 14.4. The van der Waals surface area contributed by atoms with Gasteiger partial charge in [0, 0.05) is 43.8 Å². The number of benzene rings is 1. The molecule has 1 aromatic carbocycles. The lowest BCUT2D eigenvalue weighted by atomic mass is 10.2. The zero-order valence-corrected chi connectivity index (χ0v) is 18.8. The van der Waals surface area contributed by atoms with E-state index in [1.807, 2.05) is 25.2 Å². The zero-order chi connectivity index (χ0) is 24.6. The summed E-state index contributed by atoms with van der Waals surface area (Å²) in [6.07, 6.45) is 15.4. The largest absolute Gasteiger partial charge is 0.384 e. The molecule has 0 fully saturated rings. The number of nitrogen functional groups attached to an aromatic ring is 2. The molecule has 0 radical (unpaired) electrons. The van der Waals surface area contributed by atoms with Crippen LogP contribution < -0.4 is 17.2 Å². The smallest absolute Gasteiger partial charge is 0.263 e. The number of hydrogen-bond donors (Lipinski definition) is 5. The highest BCUT2D eigenvalue weighted by Gasteiger charge is 2.05. The van der Waals surface area contributed by atoms with Gasteiger partial charge in [-0.3, -0.25) is 9.36 Å². The quantitative estimate of drug-likeness (QED) is 0.266. The first-order valence-corrected chi connectivity index (χ1v) is 10.2. The Balaban J connectivity index is 0.000000169. The first-order valence-electron chi connectivity index (χ1n) is 10.2. The molecule has 0 aliphatic carbocycles. The van der Waals surface area contributed by atoms with E-state index in [0.717, 1.165) is 12.2 Å². The Morgan fingerprint density at radius 3 is 2.21 bits per heavy atom. The van der Waals surface area contributed by atoms with E-state index in [1.165, 1.54) is 17.2 Å². The molecule has 5 aromatic rings. The molecule has 0 saturated carbocycles. The first-order chi connectivity index (χ1) is 16.5. The van der Waals surface area contributed by atoms with Gasteiger partial charge in [-0.2, -0.15) is 0 Å². The third kappa shape index (κ3) is 9.20. The summed E-state index contributed by atoms with van der Waals surface area (Å²) in [5.74, 6) is 2.21. The van der Waals surface area contributed by atoms with Crippen molar-refractivity contribution in [1.29, 1.82) is 0 Å². The molecule has 0 saturated heterocycles. The molecule has 0 unspecified atom stereocenters. The average molecular weight is 464 g/mol. The fourth-order valence-corrected chi connectivity index (χ4v) is 2.31. The van der Waals surface area contributed by atoms with E-state index in [1.54, 1.807) is 60.2 Å². The van der Waals surface area contributed by atoms with Crippen LogP contribution in [0.4, 0.5) is 11.6 Å². The molecule has 0 bridgehead atoms. The minimum atomic E-state index is -0.0573. The fourth-order valence-electron chi connectivity index (χ4n) is 2.31. The summed E-state index contributed by atoms with van der Waals surface area (Å²) in [4.78, 5) is 32.4. The van der Waals surface area contributed by atoms with E-state index in [9.17, 15) is 4.79 Å². The molecular weight excluding hydrogens is 434 g/mol. The lowest BCUT2D eigenvalue weighted by molar-refractivity contribution is 0.0960. The van der Waals surface area contributed by atoms with Gasteiger partial charge in [-0.25, -0.2) is 19.9 Å². The molecule has 0 aliphatic heterocycles. The second-order valence-electron chi connectivity index (χ2n) is 6.65. The summed E-state index contributed by atoms with van der Waals surface area (Å²) < 4.78 is 3.20. The van der Waals surface area contributed by atoms with E-state index in [4.69, 9.17) is 17.2 Å². The molecule has 8 N–H and O–H groups in total. The number of H-pyrrole nitrogens is 2. The number of anilines is 2. The van der Waals surface area contributed by atoms with Crippen LogP contribution in [0.1, 0.15) is 16.2 Å². The van der Waals surface area contributed by atoms with E-state index in [0.29, 0.717) is 23.7 Å². The number of nitrogens with zero attached hydrogens (tertiary/aromatic N) is 6. The first kappa shape index (κ1) is 25.5. The van der Waals surface area contributed by atoms with Gasteiger partial charge in [0.25, 0.3) is 5.91 Å². The van der Waals surface area contributed by atoms with Crippen molar-refractivity contribution >= 4 is 17.5 Å². The zero-order valence-electron chi connectivity index (χ0n) is 18.8. The van der Waals surface area contributed by atoms with Crippen molar-refractivity contribution in [3.05, 3.63) is 97.9 Å². The summed E-state index contributed by atoms with van der Waals surface area (Å²) in [6.45, 7) is 0.660. The molecule has 12 heteroatoms. The van der Waals surface area contributed by atoms with E-state index < -0.39 is 0 Å². The lowest BCUT2D eigenvalue weighted by Gasteiger charge is -1.99. The predicted molar refractivity (Wildman–Crippen MR) is 130 cm³/mol. The highest BCUT2D eigenvalue weighted by atomic mass is 16.2. The van der Waals surface area contributed by atoms with Gasteiger partial charge in [0.1, 0.15) is 23.8 Å². The summed E-state index contributed by atoms with van der Waals surface area (Å²) >= 11 is 0. The summed E-state index contributed by atoms with van der Waals surface area (Å²) in [5.41, 5.74) is 16.4. The topological polar surface area (TPSA) is 188 Å². The number of nitrogens with one attached hydrogen (secondary N) is 2. The van der Waals surface area contributed by atoms with Crippen molar-refractivity contribution in [3.8, 4) is 0 Å². The molecular formula is C22H29N11O. The molecule has 4 aromatic heterocycles. The van der Waals surface area contributed by atoms with Gasteiger partial charge in [-0.05, 0) is 18.7 Å². The van der Waals surface area contributed by atoms with E-state index >= 15 is 0 Å². The Labute approximate surface area is 196 Å². The van der Waals surface area contributed by atoms with Crippen molar-refractivity contribution in [2.75, 3.05) is 18.0 Å². The monoisotopic (exact) mass is 463 g/mol. The number of aryl methyl sites for hydroxylation is 1. The van der Waals surface area contributed by atoms with Crippen LogP contribution in [0, 0.1) is 0 Å². The van der Waals surface area contributed by atoms with Gasteiger partial charge in [0.05, 0.1) is 25.0 Å². The number of carbonyl (C=O) groups is 1. The summed E-state index contributed by atoms with van der Waals surface area (Å²) in [5, 5.41) is 0. The molecule has 4 heterocycles. The van der Waals surface area contributed by atoms with Gasteiger partial charge in [0.15, 0.2) is 0 Å². The highest BCUT2D eigenvalue weighted by Crippen LogP contribution is 2.01. The molecule has 5 rings (SSSR count). The van der Waals surface area contributed by atoms with Crippen LogP contribution in [0.3, 0.4) is 0 Å². The van der Waals surface area contributed by atoms with Gasteiger partial charge < -0.3 is 31.7 Å². The molecule has 12 nitrogen and oxygen atoms in total. The number of aromatic amines is 2. The van der Waals surface area contributed by atoms with Crippen molar-refractivity contribution in [1.82, 2.24) is 39.0 Å². The predicted octanol–water partition coefficient (Wildman–Crippen LogP) is 1.48. The lowest BCUT2D eigenvalue weighted by Crippen LogP contribution is -2.08. The Hall–Kier alpha value is -4.71. The number of rotatable bonds is 3.